The molecular formula is C21H22FN5O3. The van der Waals surface area contributed by atoms with Gasteiger partial charge in [-0.05, 0) is 43.9 Å². The van der Waals surface area contributed by atoms with Gasteiger partial charge < -0.3 is 19.1 Å². The molecule has 0 bridgehead atoms. The number of carbonyl (C=O) groups excluding carboxylic acids is 1. The summed E-state index contributed by atoms with van der Waals surface area (Å²) in [7, 11) is 0. The Morgan fingerprint density at radius 1 is 1.30 bits per heavy atom. The highest BCUT2D eigenvalue weighted by molar-refractivity contribution is 6.11. The minimum absolute atomic E-state index is 0.0314. The first-order valence-electron chi connectivity index (χ1n) is 10.4. The number of ether oxygens (including phenoxy) is 1. The Balaban J connectivity index is 1.37. The van der Waals surface area contributed by atoms with E-state index in [0.29, 0.717) is 30.6 Å². The van der Waals surface area contributed by atoms with Crippen LogP contribution in [0.1, 0.15) is 50.4 Å². The molecule has 3 aliphatic heterocycles. The van der Waals surface area contributed by atoms with Crippen LogP contribution in [0.2, 0.25) is 0 Å². The molecule has 9 heteroatoms. The number of hydrogen-bond donors (Lipinski definition) is 0. The highest BCUT2D eigenvalue weighted by Gasteiger charge is 2.50. The van der Waals surface area contributed by atoms with E-state index in [1.54, 1.807) is 22.2 Å². The molecule has 156 valence electrons. The van der Waals surface area contributed by atoms with E-state index in [0.717, 1.165) is 31.4 Å². The molecule has 6 rings (SSSR count). The highest BCUT2D eigenvalue weighted by atomic mass is 19.1. The minimum Gasteiger partial charge on any atom is -0.376 e. The number of rotatable bonds is 4. The summed E-state index contributed by atoms with van der Waals surface area (Å²) in [5.74, 6) is 0.471. The predicted molar refractivity (Wildman–Crippen MR) is 106 cm³/mol. The van der Waals surface area contributed by atoms with E-state index in [9.17, 15) is 9.18 Å². The first-order chi connectivity index (χ1) is 14.5. The van der Waals surface area contributed by atoms with Crippen LogP contribution in [0, 0.1) is 5.82 Å². The summed E-state index contributed by atoms with van der Waals surface area (Å²) in [6, 6.07) is 3.26. The molecule has 2 fully saturated rings. The number of aromatic nitrogens is 2. The van der Waals surface area contributed by atoms with E-state index in [2.05, 4.69) is 22.1 Å². The quantitative estimate of drug-likeness (QED) is 0.769. The third-order valence-electron chi connectivity index (χ3n) is 6.62. The number of halogens is 1. The second-order valence-electron chi connectivity index (χ2n) is 8.80. The number of carbonyl (C=O) groups is 1. The molecule has 1 saturated carbocycles. The molecule has 1 aromatic heterocycles. The van der Waals surface area contributed by atoms with Crippen molar-refractivity contribution in [3.8, 4) is 0 Å². The predicted octanol–water partition coefficient (Wildman–Crippen LogP) is 2.74. The summed E-state index contributed by atoms with van der Waals surface area (Å²) < 4.78 is 25.3. The zero-order valence-corrected chi connectivity index (χ0v) is 16.6. The third-order valence-corrected chi connectivity index (χ3v) is 6.62. The van der Waals surface area contributed by atoms with Crippen LogP contribution in [-0.2, 0) is 14.9 Å². The van der Waals surface area contributed by atoms with Gasteiger partial charge in [0.15, 0.2) is 11.9 Å². The molecule has 0 radical (unpaired) electrons. The van der Waals surface area contributed by atoms with E-state index in [-0.39, 0.29) is 23.2 Å². The Labute approximate surface area is 172 Å². The van der Waals surface area contributed by atoms with Crippen molar-refractivity contribution in [3.05, 3.63) is 35.7 Å². The van der Waals surface area contributed by atoms with E-state index < -0.39 is 12.1 Å². The number of nitrogens with zero attached hydrogens (tertiary/aromatic N) is 5. The lowest BCUT2D eigenvalue weighted by Gasteiger charge is -2.39. The Bertz CT molecular complexity index is 1040. The Morgan fingerprint density at radius 2 is 2.17 bits per heavy atom. The Hall–Kier alpha value is -2.81. The van der Waals surface area contributed by atoms with Gasteiger partial charge in [0.05, 0.1) is 30.4 Å². The van der Waals surface area contributed by atoms with Gasteiger partial charge >= 0.3 is 0 Å². The molecule has 8 nitrogen and oxygen atoms in total. The standard InChI is InChI=1S/C21H22FN5O3/c1-21(6-7-21)20-24-18(30-25-20)16-17-19(28)26(10-13-3-2-8-29-13)15-9-12(22)4-5-14(15)27(17)11-23-16/h4-5,9,11,13,16-17H,2-3,6-8,10H2,1H3. The number of aliphatic imine (C=N–C) groups is 1. The maximum Gasteiger partial charge on any atom is 0.254 e. The topological polar surface area (TPSA) is 84.1 Å². The van der Waals surface area contributed by atoms with Crippen molar-refractivity contribution in [1.29, 1.82) is 0 Å². The average Bonchev–Trinajstić information content (AvgIpc) is 3.21. The molecule has 3 atom stereocenters. The summed E-state index contributed by atoms with van der Waals surface area (Å²) in [4.78, 5) is 26.1. The van der Waals surface area contributed by atoms with E-state index in [1.165, 1.54) is 12.1 Å². The molecule has 1 aromatic carbocycles. The van der Waals surface area contributed by atoms with Gasteiger partial charge in [0.25, 0.3) is 11.8 Å². The molecular weight excluding hydrogens is 389 g/mol. The molecule has 0 N–H and O–H groups in total. The van der Waals surface area contributed by atoms with E-state index in [1.807, 2.05) is 0 Å². The SMILES string of the molecule is CC1(c2noc(C3N=CN4c5ccc(F)cc5N(CC5CCCO5)C(=O)C34)n2)CC1. The fraction of sp³-hybridized carbons (Fsp3) is 0.524. The molecule has 1 aliphatic carbocycles. The first kappa shape index (κ1) is 18.0. The first-order valence-corrected chi connectivity index (χ1v) is 10.4. The molecule has 1 amide bonds. The molecule has 1 saturated heterocycles. The number of amides is 1. The zero-order chi connectivity index (χ0) is 20.5. The van der Waals surface area contributed by atoms with Gasteiger partial charge in [0.2, 0.25) is 0 Å². The van der Waals surface area contributed by atoms with Gasteiger partial charge in [0.1, 0.15) is 11.9 Å². The lowest BCUT2D eigenvalue weighted by Crippen LogP contribution is -2.54. The highest BCUT2D eigenvalue weighted by Crippen LogP contribution is 2.47. The summed E-state index contributed by atoms with van der Waals surface area (Å²) in [5, 5.41) is 4.14. The fourth-order valence-electron chi connectivity index (χ4n) is 4.52. The minimum atomic E-state index is -0.635. The van der Waals surface area contributed by atoms with Gasteiger partial charge in [0, 0.05) is 12.0 Å². The second kappa shape index (κ2) is 6.34. The summed E-state index contributed by atoms with van der Waals surface area (Å²) in [5.41, 5.74) is 1.24. The van der Waals surface area contributed by atoms with Crippen LogP contribution in [0.4, 0.5) is 15.8 Å². The van der Waals surface area contributed by atoms with Crippen LogP contribution in [0.5, 0.6) is 0 Å². The lowest BCUT2D eigenvalue weighted by atomic mass is 10.0. The smallest absolute Gasteiger partial charge is 0.254 e. The molecule has 30 heavy (non-hydrogen) atoms. The van der Waals surface area contributed by atoms with Gasteiger partial charge in [-0.1, -0.05) is 12.1 Å². The van der Waals surface area contributed by atoms with Crippen LogP contribution in [0.25, 0.3) is 0 Å². The van der Waals surface area contributed by atoms with Gasteiger partial charge in [-0.25, -0.2) is 4.39 Å². The monoisotopic (exact) mass is 411 g/mol. The van der Waals surface area contributed by atoms with Crippen LogP contribution in [0.15, 0.2) is 27.7 Å². The number of fused-ring (bicyclic) bond motifs is 3. The van der Waals surface area contributed by atoms with Crippen LogP contribution >= 0.6 is 0 Å². The summed E-state index contributed by atoms with van der Waals surface area (Å²) in [6.45, 7) is 3.18. The lowest BCUT2D eigenvalue weighted by molar-refractivity contribution is -0.120. The second-order valence-corrected chi connectivity index (χ2v) is 8.80. The van der Waals surface area contributed by atoms with Crippen LogP contribution < -0.4 is 9.80 Å². The van der Waals surface area contributed by atoms with E-state index >= 15 is 0 Å². The molecule has 4 heterocycles. The zero-order valence-electron chi connectivity index (χ0n) is 16.6. The van der Waals surface area contributed by atoms with Crippen molar-refractivity contribution in [2.45, 2.75) is 56.2 Å². The van der Waals surface area contributed by atoms with Crippen molar-refractivity contribution in [1.82, 2.24) is 10.1 Å². The van der Waals surface area contributed by atoms with Crippen LogP contribution in [-0.4, -0.2) is 47.7 Å². The maximum atomic E-state index is 14.1. The van der Waals surface area contributed by atoms with Crippen molar-refractivity contribution >= 4 is 23.6 Å². The molecule has 2 aromatic rings. The van der Waals surface area contributed by atoms with Crippen molar-refractivity contribution in [2.24, 2.45) is 4.99 Å². The van der Waals surface area contributed by atoms with Gasteiger partial charge in [-0.3, -0.25) is 9.79 Å². The van der Waals surface area contributed by atoms with Crippen molar-refractivity contribution < 1.29 is 18.4 Å². The molecule has 3 unspecified atom stereocenters. The number of hydrogen-bond acceptors (Lipinski definition) is 7. The van der Waals surface area contributed by atoms with E-state index in [4.69, 9.17) is 9.26 Å². The fourth-order valence-corrected chi connectivity index (χ4v) is 4.52. The Kier molecular flexibility index (Phi) is 3.80. The normalized spacial score (nSPS) is 28.7. The van der Waals surface area contributed by atoms with Crippen molar-refractivity contribution in [2.75, 3.05) is 23.0 Å². The molecule has 4 aliphatic rings. The van der Waals surface area contributed by atoms with Gasteiger partial charge in [-0.2, -0.15) is 4.98 Å². The summed E-state index contributed by atoms with van der Waals surface area (Å²) in [6.07, 6.45) is 5.48. The molecule has 0 spiro atoms. The number of anilines is 2. The third kappa shape index (κ3) is 2.68. The average molecular weight is 411 g/mol. The van der Waals surface area contributed by atoms with Crippen LogP contribution in [0.3, 0.4) is 0 Å². The van der Waals surface area contributed by atoms with Crippen molar-refractivity contribution in [3.63, 3.8) is 0 Å². The number of benzene rings is 1. The Morgan fingerprint density at radius 3 is 2.93 bits per heavy atom. The van der Waals surface area contributed by atoms with Gasteiger partial charge in [-0.15, -0.1) is 0 Å². The maximum absolute atomic E-state index is 14.1. The summed E-state index contributed by atoms with van der Waals surface area (Å²) >= 11 is 0. The largest absolute Gasteiger partial charge is 0.376 e.